The second-order valence-corrected chi connectivity index (χ2v) is 2.75. The quantitative estimate of drug-likeness (QED) is 0.565. The highest BCUT2D eigenvalue weighted by molar-refractivity contribution is 5.11. The number of hydrogen-bond acceptors (Lipinski definition) is 6. The van der Waals surface area contributed by atoms with Gasteiger partial charge < -0.3 is 20.7 Å². The molecule has 14 heavy (non-hydrogen) atoms. The Kier molecular flexibility index (Phi) is 3.75. The second-order valence-electron chi connectivity index (χ2n) is 2.75. The number of methoxy groups -OCH3 is 1. The zero-order valence-corrected chi connectivity index (χ0v) is 7.79. The molecule has 0 aliphatic rings. The summed E-state index contributed by atoms with van der Waals surface area (Å²) < 4.78 is 4.74. The van der Waals surface area contributed by atoms with E-state index in [1.54, 1.807) is 0 Å². The van der Waals surface area contributed by atoms with Crippen LogP contribution in [0.1, 0.15) is 11.7 Å². The summed E-state index contributed by atoms with van der Waals surface area (Å²) >= 11 is 0. The van der Waals surface area contributed by atoms with Crippen molar-refractivity contribution in [1.29, 1.82) is 0 Å². The lowest BCUT2D eigenvalue weighted by molar-refractivity contribution is 0.0238. The molecule has 1 rings (SSSR count). The van der Waals surface area contributed by atoms with E-state index >= 15 is 0 Å². The van der Waals surface area contributed by atoms with Crippen LogP contribution in [0.25, 0.3) is 0 Å². The summed E-state index contributed by atoms with van der Waals surface area (Å²) in [6.07, 6.45) is 0.697. The van der Waals surface area contributed by atoms with Gasteiger partial charge in [0.1, 0.15) is 6.10 Å². The predicted octanol–water partition coefficient (Wildman–Crippen LogP) is -1.16. The number of nitrogens with two attached hydrogens (primary N) is 1. The summed E-state index contributed by atoms with van der Waals surface area (Å²) in [7, 11) is 1.44. The Labute approximate surface area is 81.4 Å². The van der Waals surface area contributed by atoms with Crippen LogP contribution in [0.4, 0.5) is 0 Å². The van der Waals surface area contributed by atoms with E-state index in [1.807, 2.05) is 0 Å². The number of aliphatic hydroxyl groups excluding tert-OH is 2. The molecule has 0 aliphatic carbocycles. The number of nitrogens with zero attached hydrogens (tertiary/aromatic N) is 2. The Balaban J connectivity index is 2.75. The molecular weight excluding hydrogens is 186 g/mol. The molecule has 6 nitrogen and oxygen atoms in total. The van der Waals surface area contributed by atoms with Crippen LogP contribution in [0.3, 0.4) is 0 Å². The third-order valence-electron chi connectivity index (χ3n) is 1.78. The molecule has 1 heterocycles. The molecule has 0 saturated heterocycles. The monoisotopic (exact) mass is 199 g/mol. The number of rotatable bonds is 4. The molecule has 0 radical (unpaired) electrons. The summed E-state index contributed by atoms with van der Waals surface area (Å²) in [6.45, 7) is -0.0206. The lowest BCUT2D eigenvalue weighted by Crippen LogP contribution is -2.27. The molecular formula is C8H13N3O3. The number of hydrogen-bond donors (Lipinski definition) is 3. The summed E-state index contributed by atoms with van der Waals surface area (Å²) in [4.78, 5) is 7.58. The molecule has 1 aromatic rings. The van der Waals surface area contributed by atoms with Gasteiger partial charge in [-0.05, 0) is 0 Å². The first-order chi connectivity index (χ1) is 6.69. The Bertz CT molecular complexity index is 278. The fourth-order valence-corrected chi connectivity index (χ4v) is 0.935. The third-order valence-corrected chi connectivity index (χ3v) is 1.78. The summed E-state index contributed by atoms with van der Waals surface area (Å²) in [5.74, 6) is 0. The van der Waals surface area contributed by atoms with E-state index in [4.69, 9.17) is 10.5 Å². The average molecular weight is 199 g/mol. The van der Waals surface area contributed by atoms with E-state index in [0.717, 1.165) is 0 Å². The van der Waals surface area contributed by atoms with Crippen molar-refractivity contribution in [1.82, 2.24) is 9.97 Å². The highest BCUT2D eigenvalue weighted by Gasteiger charge is 2.17. The molecule has 0 fully saturated rings. The lowest BCUT2D eigenvalue weighted by Gasteiger charge is -2.15. The van der Waals surface area contributed by atoms with Gasteiger partial charge in [-0.3, -0.25) is 0 Å². The van der Waals surface area contributed by atoms with Crippen molar-refractivity contribution in [3.05, 3.63) is 18.0 Å². The molecule has 6 heteroatoms. The molecule has 0 spiro atoms. The summed E-state index contributed by atoms with van der Waals surface area (Å²) in [5, 5.41) is 18.7. The maximum absolute atomic E-state index is 9.50. The minimum Gasteiger partial charge on any atom is -0.467 e. The van der Waals surface area contributed by atoms with Crippen LogP contribution in [0.2, 0.25) is 0 Å². The van der Waals surface area contributed by atoms with Crippen LogP contribution >= 0.6 is 0 Å². The third kappa shape index (κ3) is 2.38. The number of aromatic nitrogens is 2. The Morgan fingerprint density at radius 1 is 1.43 bits per heavy atom. The van der Waals surface area contributed by atoms with Gasteiger partial charge in [0.15, 0.2) is 0 Å². The van der Waals surface area contributed by atoms with Gasteiger partial charge in [0.25, 0.3) is 0 Å². The second kappa shape index (κ2) is 4.85. The van der Waals surface area contributed by atoms with Gasteiger partial charge in [0.05, 0.1) is 13.2 Å². The fourth-order valence-electron chi connectivity index (χ4n) is 0.935. The normalized spacial score (nSPS) is 14.9. The summed E-state index contributed by atoms with van der Waals surface area (Å²) in [5.41, 5.74) is 5.60. The summed E-state index contributed by atoms with van der Waals surface area (Å²) in [6, 6.07) is 0.211. The van der Waals surface area contributed by atoms with E-state index in [1.165, 1.54) is 19.5 Å². The van der Waals surface area contributed by atoms with E-state index in [-0.39, 0.29) is 12.6 Å². The van der Waals surface area contributed by atoms with Gasteiger partial charge in [-0.15, -0.1) is 0 Å². The van der Waals surface area contributed by atoms with Gasteiger partial charge in [-0.1, -0.05) is 0 Å². The number of ether oxygens (including phenoxy) is 1. The molecule has 2 atom stereocenters. The Morgan fingerprint density at radius 3 is 2.43 bits per heavy atom. The molecule has 78 valence electrons. The van der Waals surface area contributed by atoms with Crippen molar-refractivity contribution in [2.75, 3.05) is 13.7 Å². The van der Waals surface area contributed by atoms with E-state index < -0.39 is 12.2 Å². The van der Waals surface area contributed by atoms with Gasteiger partial charge in [-0.25, -0.2) is 9.97 Å². The van der Waals surface area contributed by atoms with Crippen molar-refractivity contribution < 1.29 is 14.9 Å². The molecule has 4 N–H and O–H groups in total. The maximum atomic E-state index is 9.50. The van der Waals surface area contributed by atoms with Crippen molar-refractivity contribution in [3.8, 4) is 6.01 Å². The van der Waals surface area contributed by atoms with Crippen molar-refractivity contribution >= 4 is 0 Å². The van der Waals surface area contributed by atoms with Gasteiger partial charge in [-0.2, -0.15) is 0 Å². The molecule has 1 aromatic heterocycles. The first-order valence-electron chi connectivity index (χ1n) is 4.11. The van der Waals surface area contributed by atoms with Crippen molar-refractivity contribution in [3.63, 3.8) is 0 Å². The highest BCUT2D eigenvalue weighted by atomic mass is 16.5. The zero-order valence-electron chi connectivity index (χ0n) is 7.79. The van der Waals surface area contributed by atoms with Crippen LogP contribution in [0, 0.1) is 0 Å². The van der Waals surface area contributed by atoms with Crippen LogP contribution < -0.4 is 10.5 Å². The predicted molar refractivity (Wildman–Crippen MR) is 48.6 cm³/mol. The van der Waals surface area contributed by atoms with Crippen LogP contribution in [0.5, 0.6) is 6.01 Å². The van der Waals surface area contributed by atoms with E-state index in [2.05, 4.69) is 9.97 Å². The first kappa shape index (κ1) is 10.8. The zero-order chi connectivity index (χ0) is 10.6. The van der Waals surface area contributed by atoms with Crippen LogP contribution in [-0.4, -0.2) is 39.9 Å². The maximum Gasteiger partial charge on any atom is 0.316 e. The van der Waals surface area contributed by atoms with Crippen molar-refractivity contribution in [2.45, 2.75) is 12.2 Å². The van der Waals surface area contributed by atoms with Gasteiger partial charge in [0.2, 0.25) is 0 Å². The van der Waals surface area contributed by atoms with Gasteiger partial charge >= 0.3 is 6.01 Å². The minimum absolute atomic E-state index is 0.0206. The average Bonchev–Trinajstić information content (AvgIpc) is 2.27. The van der Waals surface area contributed by atoms with E-state index in [9.17, 15) is 10.2 Å². The van der Waals surface area contributed by atoms with Gasteiger partial charge in [0, 0.05) is 24.5 Å². The highest BCUT2D eigenvalue weighted by Crippen LogP contribution is 2.15. The smallest absolute Gasteiger partial charge is 0.316 e. The molecule has 0 saturated carbocycles. The first-order valence-corrected chi connectivity index (χ1v) is 4.11. The molecule has 0 amide bonds. The lowest BCUT2D eigenvalue weighted by atomic mass is 10.1. The Morgan fingerprint density at radius 2 is 2.00 bits per heavy atom. The van der Waals surface area contributed by atoms with Crippen molar-refractivity contribution in [2.24, 2.45) is 5.73 Å². The van der Waals surface area contributed by atoms with Crippen LogP contribution in [0.15, 0.2) is 12.4 Å². The molecule has 0 aliphatic heterocycles. The topological polar surface area (TPSA) is 101 Å². The Hall–Kier alpha value is -1.24. The standard InChI is InChI=1S/C8H13N3O3/c1-14-8-10-3-5(4-11-8)7(13)6(12)2-9/h3-4,6-7,12-13H,2,9H2,1H3. The van der Waals surface area contributed by atoms with Crippen LogP contribution in [-0.2, 0) is 0 Å². The molecule has 0 aromatic carbocycles. The fraction of sp³-hybridized carbons (Fsp3) is 0.500. The SMILES string of the molecule is COc1ncc(C(O)C(O)CN)cn1. The van der Waals surface area contributed by atoms with E-state index in [0.29, 0.717) is 5.56 Å². The molecule has 0 bridgehead atoms. The molecule has 2 unspecified atom stereocenters. The largest absolute Gasteiger partial charge is 0.467 e. The number of aliphatic hydroxyl groups is 2. The minimum atomic E-state index is -1.06.